The van der Waals surface area contributed by atoms with E-state index in [1.165, 1.54) is 13.4 Å². The Morgan fingerprint density at radius 1 is 1.19 bits per heavy atom. The Balaban J connectivity index is 1.46. The molecule has 2 aliphatic rings. The minimum Gasteiger partial charge on any atom is -0.467 e. The van der Waals surface area contributed by atoms with Gasteiger partial charge < -0.3 is 29.6 Å². The van der Waals surface area contributed by atoms with Crippen molar-refractivity contribution in [2.45, 2.75) is 39.2 Å². The van der Waals surface area contributed by atoms with Crippen LogP contribution in [-0.2, 0) is 14.3 Å². The number of carbonyl (C=O) groups excluding carboxylic acids is 3. The molecule has 1 spiro atoms. The Hall–Kier alpha value is -2.62. The number of piperidine rings is 1. The number of hydrogen-bond acceptors (Lipinski definition) is 6. The highest BCUT2D eigenvalue weighted by atomic mass is 32.1. The third-order valence-corrected chi connectivity index (χ3v) is 6.82. The summed E-state index contributed by atoms with van der Waals surface area (Å²) in [5.74, 6) is -0.555. The van der Waals surface area contributed by atoms with Gasteiger partial charge in [-0.05, 0) is 54.9 Å². The number of nitrogens with one attached hydrogen (secondary N) is 2. The standard InChI is InChI=1S/C22H32N4O5S/c1-15(2)18(20(29)30-3)24-21(32)26-11-8-22(14-26)6-9-25(10-7-22)17(27)13-23-19(28)16-5-4-12-31-16/h4-5,12,15,18H,6-11,13-14H2,1-3H3,(H,23,28)(H,24,32). The normalized spacial score (nSPS) is 18.5. The maximum Gasteiger partial charge on any atom is 0.328 e. The molecule has 0 saturated carbocycles. The zero-order chi connectivity index (χ0) is 23.3. The highest BCUT2D eigenvalue weighted by Gasteiger charge is 2.42. The highest BCUT2D eigenvalue weighted by Crippen LogP contribution is 2.40. The predicted molar refractivity (Wildman–Crippen MR) is 122 cm³/mol. The summed E-state index contributed by atoms with van der Waals surface area (Å²) in [6, 6.07) is 2.72. The first-order valence-corrected chi connectivity index (χ1v) is 11.4. The molecular formula is C22H32N4O5S. The SMILES string of the molecule is COC(=O)C(NC(=S)N1CCC2(CCN(C(=O)CNC(=O)c3ccco3)CC2)C1)C(C)C. The van der Waals surface area contributed by atoms with E-state index in [0.29, 0.717) is 18.2 Å². The third-order valence-electron chi connectivity index (χ3n) is 6.45. The zero-order valence-electron chi connectivity index (χ0n) is 18.9. The first-order chi connectivity index (χ1) is 15.2. The van der Waals surface area contributed by atoms with Crippen molar-refractivity contribution in [2.24, 2.45) is 11.3 Å². The van der Waals surface area contributed by atoms with E-state index < -0.39 is 11.9 Å². The van der Waals surface area contributed by atoms with Gasteiger partial charge in [0.15, 0.2) is 10.9 Å². The number of rotatable bonds is 6. The number of ether oxygens (including phenoxy) is 1. The summed E-state index contributed by atoms with van der Waals surface area (Å²) >= 11 is 5.58. The summed E-state index contributed by atoms with van der Waals surface area (Å²) in [4.78, 5) is 40.4. The summed E-state index contributed by atoms with van der Waals surface area (Å²) < 4.78 is 9.93. The summed E-state index contributed by atoms with van der Waals surface area (Å²) in [5, 5.41) is 6.35. The fourth-order valence-corrected chi connectivity index (χ4v) is 4.64. The van der Waals surface area contributed by atoms with Gasteiger partial charge in [-0.3, -0.25) is 9.59 Å². The molecule has 176 valence electrons. The lowest BCUT2D eigenvalue weighted by atomic mass is 9.78. The molecule has 3 heterocycles. The van der Waals surface area contributed by atoms with Gasteiger partial charge in [0.05, 0.1) is 19.9 Å². The molecule has 9 nitrogen and oxygen atoms in total. The largest absolute Gasteiger partial charge is 0.467 e. The summed E-state index contributed by atoms with van der Waals surface area (Å²) in [7, 11) is 1.38. The van der Waals surface area contributed by atoms with Gasteiger partial charge in [-0.15, -0.1) is 0 Å². The number of amides is 2. The second-order valence-electron chi connectivity index (χ2n) is 8.91. The quantitative estimate of drug-likeness (QED) is 0.481. The summed E-state index contributed by atoms with van der Waals surface area (Å²) in [5.41, 5.74) is 0.110. The van der Waals surface area contributed by atoms with E-state index in [-0.39, 0.29) is 35.5 Å². The molecule has 0 bridgehead atoms. The molecular weight excluding hydrogens is 432 g/mol. The van der Waals surface area contributed by atoms with E-state index in [1.807, 2.05) is 13.8 Å². The van der Waals surface area contributed by atoms with Crippen molar-refractivity contribution >= 4 is 35.1 Å². The Bertz CT molecular complexity index is 833. The number of furan rings is 1. The van der Waals surface area contributed by atoms with Gasteiger partial charge in [0.25, 0.3) is 5.91 Å². The molecule has 32 heavy (non-hydrogen) atoms. The van der Waals surface area contributed by atoms with E-state index >= 15 is 0 Å². The Labute approximate surface area is 193 Å². The molecule has 1 atom stereocenters. The predicted octanol–water partition coefficient (Wildman–Crippen LogP) is 1.40. The van der Waals surface area contributed by atoms with Gasteiger partial charge in [-0.2, -0.15) is 0 Å². The molecule has 2 N–H and O–H groups in total. The highest BCUT2D eigenvalue weighted by molar-refractivity contribution is 7.80. The third kappa shape index (κ3) is 5.59. The fraction of sp³-hybridized carbons (Fsp3) is 0.636. The zero-order valence-corrected chi connectivity index (χ0v) is 19.7. The maximum atomic E-state index is 12.5. The van der Waals surface area contributed by atoms with Gasteiger partial charge in [0.2, 0.25) is 5.91 Å². The van der Waals surface area contributed by atoms with Gasteiger partial charge in [0, 0.05) is 26.2 Å². The van der Waals surface area contributed by atoms with Crippen LogP contribution in [0, 0.1) is 11.3 Å². The van der Waals surface area contributed by atoms with Crippen LogP contribution < -0.4 is 10.6 Å². The lowest BCUT2D eigenvalue weighted by molar-refractivity contribution is -0.143. The van der Waals surface area contributed by atoms with Crippen LogP contribution in [0.5, 0.6) is 0 Å². The van der Waals surface area contributed by atoms with Gasteiger partial charge in [-0.1, -0.05) is 13.8 Å². The second kappa shape index (κ2) is 10.3. The van der Waals surface area contributed by atoms with Crippen LogP contribution in [0.2, 0.25) is 0 Å². The smallest absolute Gasteiger partial charge is 0.328 e. The molecule has 0 aromatic carbocycles. The molecule has 1 aromatic rings. The first kappa shape index (κ1) is 24.0. The Morgan fingerprint density at radius 3 is 2.41 bits per heavy atom. The van der Waals surface area contributed by atoms with E-state index in [2.05, 4.69) is 15.5 Å². The van der Waals surface area contributed by atoms with Crippen LogP contribution in [0.4, 0.5) is 0 Å². The van der Waals surface area contributed by atoms with Crippen molar-refractivity contribution < 1.29 is 23.5 Å². The van der Waals surface area contributed by atoms with Crippen molar-refractivity contribution in [3.8, 4) is 0 Å². The van der Waals surface area contributed by atoms with Crippen molar-refractivity contribution in [2.75, 3.05) is 39.8 Å². The lowest BCUT2D eigenvalue weighted by Crippen LogP contribution is -2.51. The summed E-state index contributed by atoms with van der Waals surface area (Å²) in [6.45, 7) is 6.79. The van der Waals surface area contributed by atoms with Gasteiger partial charge in [0.1, 0.15) is 6.04 Å². The monoisotopic (exact) mass is 464 g/mol. The molecule has 3 rings (SSSR count). The first-order valence-electron chi connectivity index (χ1n) is 11.0. The average Bonchev–Trinajstić information content (AvgIpc) is 3.46. The molecule has 2 fully saturated rings. The molecule has 1 aromatic heterocycles. The topological polar surface area (TPSA) is 104 Å². The minimum atomic E-state index is -0.472. The van der Waals surface area contributed by atoms with Crippen molar-refractivity contribution in [1.82, 2.24) is 20.4 Å². The Morgan fingerprint density at radius 2 is 1.84 bits per heavy atom. The van der Waals surface area contributed by atoms with E-state index in [9.17, 15) is 14.4 Å². The number of methoxy groups -OCH3 is 1. The van der Waals surface area contributed by atoms with Crippen LogP contribution in [0.15, 0.2) is 22.8 Å². The molecule has 1 unspecified atom stereocenters. The number of hydrogen-bond donors (Lipinski definition) is 2. The van der Waals surface area contributed by atoms with Crippen LogP contribution in [-0.4, -0.2) is 78.6 Å². The van der Waals surface area contributed by atoms with Crippen LogP contribution >= 0.6 is 12.2 Å². The fourth-order valence-electron chi connectivity index (χ4n) is 4.36. The second-order valence-corrected chi connectivity index (χ2v) is 9.29. The van der Waals surface area contributed by atoms with Crippen LogP contribution in [0.25, 0.3) is 0 Å². The van der Waals surface area contributed by atoms with E-state index in [0.717, 1.165) is 32.4 Å². The lowest BCUT2D eigenvalue weighted by Gasteiger charge is -2.39. The average molecular weight is 465 g/mol. The minimum absolute atomic E-state index is 0.0449. The number of carbonyl (C=O) groups is 3. The summed E-state index contributed by atoms with van der Waals surface area (Å²) in [6.07, 6.45) is 4.19. The van der Waals surface area contributed by atoms with Gasteiger partial charge in [-0.25, -0.2) is 4.79 Å². The molecule has 2 aliphatic heterocycles. The van der Waals surface area contributed by atoms with Crippen molar-refractivity contribution in [3.63, 3.8) is 0 Å². The number of esters is 1. The van der Waals surface area contributed by atoms with Crippen molar-refractivity contribution in [3.05, 3.63) is 24.2 Å². The molecule has 2 amide bonds. The van der Waals surface area contributed by atoms with Crippen molar-refractivity contribution in [1.29, 1.82) is 0 Å². The molecule has 0 aliphatic carbocycles. The van der Waals surface area contributed by atoms with Gasteiger partial charge >= 0.3 is 5.97 Å². The van der Waals surface area contributed by atoms with E-state index in [1.54, 1.807) is 17.0 Å². The molecule has 10 heteroatoms. The van der Waals surface area contributed by atoms with E-state index in [4.69, 9.17) is 21.4 Å². The molecule has 0 radical (unpaired) electrons. The van der Waals surface area contributed by atoms with Crippen LogP contribution in [0.3, 0.4) is 0 Å². The number of thiocarbonyl (C=S) groups is 1. The van der Waals surface area contributed by atoms with Crippen LogP contribution in [0.1, 0.15) is 43.7 Å². The Kier molecular flexibility index (Phi) is 7.76. The number of nitrogens with zero attached hydrogens (tertiary/aromatic N) is 2. The molecule has 2 saturated heterocycles. The number of likely N-dealkylation sites (tertiary alicyclic amines) is 2. The maximum absolute atomic E-state index is 12.5.